The van der Waals surface area contributed by atoms with Crippen LogP contribution in [0.4, 0.5) is 0 Å². The Bertz CT molecular complexity index is 829. The molecule has 60 heavy (non-hydrogen) atoms. The van der Waals surface area contributed by atoms with Crippen molar-refractivity contribution in [2.75, 3.05) is 6.61 Å². The standard InChI is InChI=1S/C56H111NO3/c1-3-5-7-9-11-13-15-17-19-21-23-25-26-27-28-29-30-31-32-33-35-37-39-41-43-45-47-49-51-55(59)54(53-58)57-56(60)52-50-48-46-44-42-40-38-36-34-24-22-20-18-16-14-12-10-8-6-4-2/h49,51,54-55,58-59H,3-48,50,52-53H2,1-2H3,(H,57,60)/b51-49+. The molecular weight excluding hydrogens is 735 g/mol. The Morgan fingerprint density at radius 3 is 0.867 bits per heavy atom. The van der Waals surface area contributed by atoms with Gasteiger partial charge in [-0.1, -0.05) is 309 Å². The number of carbonyl (C=O) groups is 1. The molecule has 0 aliphatic heterocycles. The Hall–Kier alpha value is -0.870. The summed E-state index contributed by atoms with van der Waals surface area (Å²) >= 11 is 0. The largest absolute Gasteiger partial charge is 0.394 e. The van der Waals surface area contributed by atoms with E-state index in [2.05, 4.69) is 19.2 Å². The highest BCUT2D eigenvalue weighted by molar-refractivity contribution is 5.76. The van der Waals surface area contributed by atoms with E-state index in [0.29, 0.717) is 6.42 Å². The maximum absolute atomic E-state index is 12.5. The molecule has 0 aromatic carbocycles. The molecule has 0 rings (SSSR count). The molecule has 3 N–H and O–H groups in total. The van der Waals surface area contributed by atoms with Crippen LogP contribution >= 0.6 is 0 Å². The van der Waals surface area contributed by atoms with Gasteiger partial charge in [0.2, 0.25) is 5.91 Å². The first kappa shape index (κ1) is 59.1. The zero-order chi connectivity index (χ0) is 43.5. The molecule has 4 nitrogen and oxygen atoms in total. The molecular formula is C56H111NO3. The first-order valence-electron chi connectivity index (χ1n) is 27.9. The lowest BCUT2D eigenvalue weighted by molar-refractivity contribution is -0.123. The van der Waals surface area contributed by atoms with Crippen molar-refractivity contribution in [2.45, 2.75) is 334 Å². The Morgan fingerprint density at radius 2 is 0.617 bits per heavy atom. The van der Waals surface area contributed by atoms with Gasteiger partial charge < -0.3 is 15.5 Å². The molecule has 0 saturated carbocycles. The van der Waals surface area contributed by atoms with Gasteiger partial charge >= 0.3 is 0 Å². The maximum Gasteiger partial charge on any atom is 0.220 e. The van der Waals surface area contributed by atoms with Gasteiger partial charge in [-0.15, -0.1) is 0 Å². The molecule has 0 aliphatic rings. The maximum atomic E-state index is 12.5. The van der Waals surface area contributed by atoms with Gasteiger partial charge in [0.1, 0.15) is 0 Å². The molecule has 0 bridgehead atoms. The molecule has 0 radical (unpaired) electrons. The number of aliphatic hydroxyl groups is 2. The number of carbonyl (C=O) groups excluding carboxylic acids is 1. The van der Waals surface area contributed by atoms with Gasteiger partial charge in [-0.25, -0.2) is 0 Å². The van der Waals surface area contributed by atoms with Crippen LogP contribution in [0.25, 0.3) is 0 Å². The van der Waals surface area contributed by atoms with E-state index in [1.807, 2.05) is 6.08 Å². The number of allylic oxidation sites excluding steroid dienone is 1. The summed E-state index contributed by atoms with van der Waals surface area (Å²) in [6, 6.07) is -0.618. The van der Waals surface area contributed by atoms with Crippen LogP contribution in [0.15, 0.2) is 12.2 Å². The Kier molecular flexibility index (Phi) is 51.7. The van der Waals surface area contributed by atoms with Crippen LogP contribution in [-0.4, -0.2) is 34.9 Å². The lowest BCUT2D eigenvalue weighted by atomic mass is 10.0. The second-order valence-electron chi connectivity index (χ2n) is 19.4. The zero-order valence-electron chi connectivity index (χ0n) is 41.3. The molecule has 0 spiro atoms. The topological polar surface area (TPSA) is 69.6 Å². The minimum Gasteiger partial charge on any atom is -0.394 e. The van der Waals surface area contributed by atoms with Gasteiger partial charge in [-0.3, -0.25) is 4.79 Å². The summed E-state index contributed by atoms with van der Waals surface area (Å²) in [4.78, 5) is 12.5. The first-order chi connectivity index (χ1) is 29.7. The molecule has 0 fully saturated rings. The zero-order valence-corrected chi connectivity index (χ0v) is 41.3. The van der Waals surface area contributed by atoms with Gasteiger partial charge in [0.15, 0.2) is 0 Å². The van der Waals surface area contributed by atoms with E-state index in [4.69, 9.17) is 0 Å². The van der Waals surface area contributed by atoms with E-state index in [9.17, 15) is 15.0 Å². The van der Waals surface area contributed by atoms with Crippen LogP contribution in [0.5, 0.6) is 0 Å². The van der Waals surface area contributed by atoms with Crippen LogP contribution in [0, 0.1) is 0 Å². The van der Waals surface area contributed by atoms with Crippen LogP contribution < -0.4 is 5.32 Å². The number of nitrogens with one attached hydrogen (secondary N) is 1. The normalized spacial score (nSPS) is 12.8. The molecule has 2 atom stereocenters. The quantitative estimate of drug-likeness (QED) is 0.0422. The SMILES string of the molecule is CCCCCCCCCCCCCCCCCCCCCCCCCCCC/C=C/C(O)C(CO)NC(=O)CCCCCCCCCCCCCCCCCCCCCC. The number of hydrogen-bond acceptors (Lipinski definition) is 3. The van der Waals surface area contributed by atoms with Crippen molar-refractivity contribution in [3.63, 3.8) is 0 Å². The smallest absolute Gasteiger partial charge is 0.220 e. The van der Waals surface area contributed by atoms with Crippen molar-refractivity contribution >= 4 is 5.91 Å². The van der Waals surface area contributed by atoms with Crippen molar-refractivity contribution < 1.29 is 15.0 Å². The van der Waals surface area contributed by atoms with Crippen molar-refractivity contribution in [3.05, 3.63) is 12.2 Å². The molecule has 0 heterocycles. The van der Waals surface area contributed by atoms with Gasteiger partial charge in [-0.2, -0.15) is 0 Å². The number of hydrogen-bond donors (Lipinski definition) is 3. The molecule has 0 aliphatic carbocycles. The second kappa shape index (κ2) is 52.5. The van der Waals surface area contributed by atoms with E-state index >= 15 is 0 Å². The van der Waals surface area contributed by atoms with E-state index < -0.39 is 12.1 Å². The van der Waals surface area contributed by atoms with Crippen LogP contribution in [0.2, 0.25) is 0 Å². The lowest BCUT2D eigenvalue weighted by Crippen LogP contribution is -2.45. The molecule has 358 valence electrons. The van der Waals surface area contributed by atoms with Crippen LogP contribution in [-0.2, 0) is 4.79 Å². The summed E-state index contributed by atoms with van der Waals surface area (Å²) in [6.45, 7) is 4.35. The highest BCUT2D eigenvalue weighted by atomic mass is 16.3. The predicted molar refractivity (Wildman–Crippen MR) is 267 cm³/mol. The fourth-order valence-electron chi connectivity index (χ4n) is 9.01. The fraction of sp³-hybridized carbons (Fsp3) is 0.946. The summed E-state index contributed by atoms with van der Waals surface area (Å²) in [5.74, 6) is -0.0562. The molecule has 4 heteroatoms. The number of rotatable bonds is 52. The summed E-state index contributed by atoms with van der Waals surface area (Å²) in [5.41, 5.74) is 0. The molecule has 0 aromatic rings. The second-order valence-corrected chi connectivity index (χ2v) is 19.4. The summed E-state index contributed by atoms with van der Waals surface area (Å²) in [5, 5.41) is 23.2. The number of amides is 1. The van der Waals surface area contributed by atoms with Crippen molar-refractivity contribution in [1.29, 1.82) is 0 Å². The predicted octanol–water partition coefficient (Wildman–Crippen LogP) is 18.1. The lowest BCUT2D eigenvalue weighted by Gasteiger charge is -2.20. The van der Waals surface area contributed by atoms with Gasteiger partial charge in [-0.05, 0) is 19.3 Å². The van der Waals surface area contributed by atoms with Crippen molar-refractivity contribution in [1.82, 2.24) is 5.32 Å². The van der Waals surface area contributed by atoms with Crippen molar-refractivity contribution in [3.8, 4) is 0 Å². The highest BCUT2D eigenvalue weighted by Gasteiger charge is 2.18. The minimum atomic E-state index is -0.835. The summed E-state index contributed by atoms with van der Waals surface area (Å²) < 4.78 is 0. The van der Waals surface area contributed by atoms with Crippen LogP contribution in [0.1, 0.15) is 322 Å². The molecule has 0 saturated heterocycles. The van der Waals surface area contributed by atoms with Crippen LogP contribution in [0.3, 0.4) is 0 Å². The van der Waals surface area contributed by atoms with E-state index in [-0.39, 0.29) is 12.5 Å². The van der Waals surface area contributed by atoms with Gasteiger partial charge in [0, 0.05) is 6.42 Å². The summed E-state index contributed by atoms with van der Waals surface area (Å²) in [7, 11) is 0. The van der Waals surface area contributed by atoms with Gasteiger partial charge in [0.25, 0.3) is 0 Å². The van der Waals surface area contributed by atoms with Gasteiger partial charge in [0.05, 0.1) is 18.8 Å². The third-order valence-electron chi connectivity index (χ3n) is 13.3. The number of unbranched alkanes of at least 4 members (excludes halogenated alkanes) is 45. The fourth-order valence-corrected chi connectivity index (χ4v) is 9.01. The number of aliphatic hydroxyl groups excluding tert-OH is 2. The monoisotopic (exact) mass is 846 g/mol. The molecule has 2 unspecified atom stereocenters. The molecule has 1 amide bonds. The molecule has 0 aromatic heterocycles. The minimum absolute atomic E-state index is 0.0562. The Balaban J connectivity index is 3.44. The Labute approximate surface area is 377 Å². The van der Waals surface area contributed by atoms with Crippen molar-refractivity contribution in [2.24, 2.45) is 0 Å². The van der Waals surface area contributed by atoms with E-state index in [0.717, 1.165) is 25.7 Å². The van der Waals surface area contributed by atoms with E-state index in [1.165, 1.54) is 276 Å². The third-order valence-corrected chi connectivity index (χ3v) is 13.3. The average Bonchev–Trinajstić information content (AvgIpc) is 3.25. The summed E-state index contributed by atoms with van der Waals surface area (Å²) in [6.07, 6.45) is 68.0. The van der Waals surface area contributed by atoms with E-state index in [1.54, 1.807) is 6.08 Å². The Morgan fingerprint density at radius 1 is 0.383 bits per heavy atom. The average molecular weight is 847 g/mol. The third kappa shape index (κ3) is 48.2. The highest BCUT2D eigenvalue weighted by Crippen LogP contribution is 2.18. The first-order valence-corrected chi connectivity index (χ1v) is 27.9.